The van der Waals surface area contributed by atoms with Gasteiger partial charge in [0.2, 0.25) is 5.91 Å². The number of carbonyl (C=O) groups is 2. The maximum Gasteiger partial charge on any atom is 0.314 e. The Morgan fingerprint density at radius 1 is 1.14 bits per heavy atom. The monoisotopic (exact) mass is 308 g/mol. The summed E-state index contributed by atoms with van der Waals surface area (Å²) in [6.45, 7) is 5.64. The van der Waals surface area contributed by atoms with Crippen LogP contribution in [0, 0.1) is 5.92 Å². The third kappa shape index (κ3) is 3.72. The molecular formula is C16H28N4O2. The van der Waals surface area contributed by atoms with Gasteiger partial charge in [0.15, 0.2) is 0 Å². The second kappa shape index (κ2) is 6.44. The van der Waals surface area contributed by atoms with E-state index in [0.29, 0.717) is 31.7 Å². The van der Waals surface area contributed by atoms with Gasteiger partial charge in [-0.25, -0.2) is 4.79 Å². The Morgan fingerprint density at radius 3 is 2.45 bits per heavy atom. The highest BCUT2D eigenvalue weighted by Crippen LogP contribution is 2.39. The van der Waals surface area contributed by atoms with Crippen molar-refractivity contribution in [2.45, 2.75) is 51.1 Å². The molecule has 6 nitrogen and oxygen atoms in total. The van der Waals surface area contributed by atoms with Crippen molar-refractivity contribution >= 4 is 11.9 Å². The van der Waals surface area contributed by atoms with Gasteiger partial charge in [-0.15, -0.1) is 0 Å². The van der Waals surface area contributed by atoms with E-state index in [1.54, 1.807) is 4.90 Å². The average molecular weight is 308 g/mol. The maximum absolute atomic E-state index is 12.8. The lowest BCUT2D eigenvalue weighted by Crippen LogP contribution is -2.47. The molecule has 0 spiro atoms. The standard InChI is InChI=1S/C16H28N4O2/c1-12(13-3-4-13)20(14-5-6-14)15(21)11-18-7-2-8-19(10-9-18)16(17)22/h12-14H,2-11H2,1H3,(H2,17,22)/t12-/m0/s1. The topological polar surface area (TPSA) is 69.9 Å². The van der Waals surface area contributed by atoms with Crippen LogP contribution in [0.3, 0.4) is 0 Å². The molecule has 2 saturated carbocycles. The average Bonchev–Trinajstić information content (AvgIpc) is 3.31. The van der Waals surface area contributed by atoms with E-state index in [2.05, 4.69) is 16.7 Å². The third-order valence-corrected chi connectivity index (χ3v) is 5.23. The van der Waals surface area contributed by atoms with Crippen molar-refractivity contribution in [3.8, 4) is 0 Å². The van der Waals surface area contributed by atoms with Gasteiger partial charge in [0, 0.05) is 38.3 Å². The van der Waals surface area contributed by atoms with Crippen molar-refractivity contribution < 1.29 is 9.59 Å². The smallest absolute Gasteiger partial charge is 0.314 e. The molecule has 3 rings (SSSR count). The van der Waals surface area contributed by atoms with Crippen LogP contribution < -0.4 is 5.73 Å². The van der Waals surface area contributed by atoms with E-state index in [9.17, 15) is 9.59 Å². The molecule has 1 heterocycles. The van der Waals surface area contributed by atoms with E-state index in [4.69, 9.17) is 5.73 Å². The van der Waals surface area contributed by atoms with Crippen LogP contribution in [0.2, 0.25) is 0 Å². The van der Waals surface area contributed by atoms with Crippen molar-refractivity contribution in [3.05, 3.63) is 0 Å². The third-order valence-electron chi connectivity index (χ3n) is 5.23. The molecule has 1 atom stereocenters. The van der Waals surface area contributed by atoms with Crippen LogP contribution in [-0.4, -0.2) is 71.4 Å². The number of carbonyl (C=O) groups excluding carboxylic acids is 2. The van der Waals surface area contributed by atoms with Crippen LogP contribution in [0.1, 0.15) is 39.0 Å². The lowest BCUT2D eigenvalue weighted by molar-refractivity contribution is -0.135. The summed E-state index contributed by atoms with van der Waals surface area (Å²) in [5.74, 6) is 0.994. The first-order valence-corrected chi connectivity index (χ1v) is 8.64. The van der Waals surface area contributed by atoms with Gasteiger partial charge in [-0.2, -0.15) is 0 Å². The minimum absolute atomic E-state index is 0.273. The van der Waals surface area contributed by atoms with Gasteiger partial charge in [-0.3, -0.25) is 9.69 Å². The zero-order valence-corrected chi connectivity index (χ0v) is 13.5. The van der Waals surface area contributed by atoms with Gasteiger partial charge in [0.25, 0.3) is 0 Å². The molecule has 0 aromatic rings. The maximum atomic E-state index is 12.8. The summed E-state index contributed by atoms with van der Waals surface area (Å²) in [6.07, 6.45) is 5.76. The summed E-state index contributed by atoms with van der Waals surface area (Å²) in [7, 11) is 0. The van der Waals surface area contributed by atoms with E-state index in [-0.39, 0.29) is 11.9 Å². The highest BCUT2D eigenvalue weighted by Gasteiger charge is 2.41. The first-order valence-electron chi connectivity index (χ1n) is 8.64. The Bertz CT molecular complexity index is 434. The van der Waals surface area contributed by atoms with E-state index in [1.165, 1.54) is 12.8 Å². The van der Waals surface area contributed by atoms with Gasteiger partial charge in [-0.05, 0) is 44.9 Å². The fourth-order valence-electron chi connectivity index (χ4n) is 3.54. The van der Waals surface area contributed by atoms with Gasteiger partial charge in [0.05, 0.1) is 6.54 Å². The molecule has 22 heavy (non-hydrogen) atoms. The first kappa shape index (κ1) is 15.6. The Labute approximate surface area is 132 Å². The zero-order chi connectivity index (χ0) is 15.7. The fourth-order valence-corrected chi connectivity index (χ4v) is 3.54. The summed E-state index contributed by atoms with van der Waals surface area (Å²) in [6, 6.07) is 0.529. The summed E-state index contributed by atoms with van der Waals surface area (Å²) < 4.78 is 0. The van der Waals surface area contributed by atoms with Gasteiger partial charge < -0.3 is 15.5 Å². The number of hydrogen-bond donors (Lipinski definition) is 1. The van der Waals surface area contributed by atoms with Gasteiger partial charge >= 0.3 is 6.03 Å². The number of primary amides is 1. The van der Waals surface area contributed by atoms with Gasteiger partial charge in [0.1, 0.15) is 0 Å². The number of urea groups is 1. The Balaban J connectivity index is 1.54. The second-order valence-electron chi connectivity index (χ2n) is 7.07. The largest absolute Gasteiger partial charge is 0.351 e. The highest BCUT2D eigenvalue weighted by atomic mass is 16.2. The van der Waals surface area contributed by atoms with Gasteiger partial charge in [-0.1, -0.05) is 0 Å². The van der Waals surface area contributed by atoms with Crippen molar-refractivity contribution in [3.63, 3.8) is 0 Å². The molecule has 3 aliphatic rings. The number of nitrogens with zero attached hydrogens (tertiary/aromatic N) is 3. The van der Waals surface area contributed by atoms with Crippen LogP contribution in [0.15, 0.2) is 0 Å². The second-order valence-corrected chi connectivity index (χ2v) is 7.07. The number of nitrogens with two attached hydrogens (primary N) is 1. The minimum Gasteiger partial charge on any atom is -0.351 e. The van der Waals surface area contributed by atoms with E-state index in [1.807, 2.05) is 0 Å². The number of rotatable bonds is 5. The normalized spacial score (nSPS) is 24.7. The Hall–Kier alpha value is -1.30. The van der Waals surface area contributed by atoms with Crippen LogP contribution in [0.5, 0.6) is 0 Å². The molecule has 2 N–H and O–H groups in total. The molecule has 0 radical (unpaired) electrons. The Kier molecular flexibility index (Phi) is 4.57. The summed E-state index contributed by atoms with van der Waals surface area (Å²) in [4.78, 5) is 30.1. The predicted octanol–water partition coefficient (Wildman–Crippen LogP) is 0.862. The molecule has 1 saturated heterocycles. The molecule has 6 heteroatoms. The molecule has 0 unspecified atom stereocenters. The van der Waals surface area contributed by atoms with Crippen LogP contribution in [0.25, 0.3) is 0 Å². The molecule has 0 aromatic heterocycles. The van der Waals surface area contributed by atoms with Crippen LogP contribution >= 0.6 is 0 Å². The predicted molar refractivity (Wildman–Crippen MR) is 84.3 cm³/mol. The summed E-state index contributed by atoms with van der Waals surface area (Å²) >= 11 is 0. The number of amides is 3. The SMILES string of the molecule is C[C@@H](C1CC1)N(C(=O)CN1CCCN(C(N)=O)CC1)C1CC1. The molecule has 0 bridgehead atoms. The van der Waals surface area contributed by atoms with Crippen LogP contribution in [0.4, 0.5) is 4.79 Å². The van der Waals surface area contributed by atoms with E-state index < -0.39 is 0 Å². The zero-order valence-electron chi connectivity index (χ0n) is 13.5. The van der Waals surface area contributed by atoms with Crippen molar-refractivity contribution in [2.24, 2.45) is 11.7 Å². The van der Waals surface area contributed by atoms with E-state index >= 15 is 0 Å². The number of hydrogen-bond acceptors (Lipinski definition) is 3. The van der Waals surface area contributed by atoms with Crippen LogP contribution in [-0.2, 0) is 4.79 Å². The molecule has 2 aliphatic carbocycles. The lowest BCUT2D eigenvalue weighted by Gasteiger charge is -2.32. The lowest BCUT2D eigenvalue weighted by atomic mass is 10.1. The quantitative estimate of drug-likeness (QED) is 0.819. The molecule has 1 aliphatic heterocycles. The molecule has 3 amide bonds. The minimum atomic E-state index is -0.352. The Morgan fingerprint density at radius 2 is 1.86 bits per heavy atom. The van der Waals surface area contributed by atoms with Crippen molar-refractivity contribution in [2.75, 3.05) is 32.7 Å². The molecule has 3 fully saturated rings. The summed E-state index contributed by atoms with van der Waals surface area (Å²) in [5, 5.41) is 0. The highest BCUT2D eigenvalue weighted by molar-refractivity contribution is 5.79. The first-order chi connectivity index (χ1) is 10.6. The van der Waals surface area contributed by atoms with Crippen molar-refractivity contribution in [1.82, 2.24) is 14.7 Å². The summed E-state index contributed by atoms with van der Waals surface area (Å²) in [5.41, 5.74) is 5.35. The van der Waals surface area contributed by atoms with Crippen molar-refractivity contribution in [1.29, 1.82) is 0 Å². The van der Waals surface area contributed by atoms with E-state index in [0.717, 1.165) is 38.3 Å². The molecule has 0 aromatic carbocycles. The molecule has 124 valence electrons. The molecular weight excluding hydrogens is 280 g/mol. The fraction of sp³-hybridized carbons (Fsp3) is 0.875.